The highest BCUT2D eigenvalue weighted by Crippen LogP contribution is 2.20. The van der Waals surface area contributed by atoms with E-state index in [9.17, 15) is 53.4 Å². The Morgan fingerprint density at radius 1 is 0.734 bits per heavy atom. The van der Waals surface area contributed by atoms with E-state index in [-0.39, 0.29) is 38.8 Å². The molecule has 0 spiro atoms. The van der Waals surface area contributed by atoms with E-state index in [2.05, 4.69) is 31.9 Å². The van der Waals surface area contributed by atoms with E-state index < -0.39 is 126 Å². The molecule has 358 valence electrons. The minimum atomic E-state index is -1.55. The first-order valence-corrected chi connectivity index (χ1v) is 22.9. The lowest BCUT2D eigenvalue weighted by atomic mass is 9.98. The van der Waals surface area contributed by atoms with Crippen LogP contribution in [-0.4, -0.2) is 148 Å². The van der Waals surface area contributed by atoms with Crippen molar-refractivity contribution in [3.05, 3.63) is 35.9 Å². The molecule has 2 rings (SSSR count). The highest BCUT2D eigenvalue weighted by atomic mass is 32.2. The van der Waals surface area contributed by atoms with Gasteiger partial charge < -0.3 is 64.2 Å². The van der Waals surface area contributed by atoms with Gasteiger partial charge in [-0.25, -0.2) is 4.79 Å². The summed E-state index contributed by atoms with van der Waals surface area (Å²) in [7, 11) is 0. The zero-order chi connectivity index (χ0) is 48.1. The van der Waals surface area contributed by atoms with E-state index in [1.54, 1.807) is 27.7 Å². The molecule has 0 aromatic heterocycles. The van der Waals surface area contributed by atoms with Crippen LogP contribution in [0.5, 0.6) is 0 Å². The van der Waals surface area contributed by atoms with Crippen molar-refractivity contribution >= 4 is 65.0 Å². The van der Waals surface area contributed by atoms with Gasteiger partial charge in [-0.05, 0) is 80.9 Å². The molecule has 1 heterocycles. The number of carbonyl (C=O) groups is 9. The second-order valence-electron chi connectivity index (χ2n) is 16.4. The third-order valence-corrected chi connectivity index (χ3v) is 11.3. The number of unbranched alkanes of at least 4 members (excludes halogenated alkanes) is 1. The molecule has 0 radical (unpaired) electrons. The van der Waals surface area contributed by atoms with Crippen LogP contribution >= 0.6 is 11.8 Å². The summed E-state index contributed by atoms with van der Waals surface area (Å²) in [6.45, 7) is 5.98. The molecule has 0 aliphatic carbocycles. The molecular weight excluding hydrogens is 853 g/mol. The second-order valence-corrected chi connectivity index (χ2v) is 17.4. The summed E-state index contributed by atoms with van der Waals surface area (Å²) in [5.41, 5.74) is 18.0. The summed E-state index contributed by atoms with van der Waals surface area (Å²) in [6, 6.07) is -1.10. The monoisotopic (exact) mass is 920 g/mol. The number of carboxylic acids is 1. The number of hydrogen-bond donors (Lipinski definition) is 11. The zero-order valence-corrected chi connectivity index (χ0v) is 38.1. The Morgan fingerprint density at radius 3 is 1.80 bits per heavy atom. The maximum atomic E-state index is 13.9. The number of aliphatic carboxylic acids is 1. The van der Waals surface area contributed by atoms with Crippen LogP contribution in [0.2, 0.25) is 0 Å². The van der Waals surface area contributed by atoms with Crippen molar-refractivity contribution < 1.29 is 53.4 Å². The lowest BCUT2D eigenvalue weighted by Gasteiger charge is -2.31. The Balaban J connectivity index is 2.23. The van der Waals surface area contributed by atoms with Gasteiger partial charge in [0.15, 0.2) is 0 Å². The number of aliphatic hydroxyl groups is 1. The number of carboxylic acid groups (broad SMARTS) is 1. The molecule has 0 saturated carbocycles. The van der Waals surface area contributed by atoms with E-state index in [4.69, 9.17) is 17.2 Å². The number of nitrogens with one attached hydrogen (secondary N) is 6. The fourth-order valence-corrected chi connectivity index (χ4v) is 7.43. The molecule has 1 aromatic rings. The van der Waals surface area contributed by atoms with Crippen molar-refractivity contribution in [2.45, 2.75) is 127 Å². The first-order valence-electron chi connectivity index (χ1n) is 21.5. The number of rotatable bonds is 28. The van der Waals surface area contributed by atoms with Gasteiger partial charge in [0.2, 0.25) is 47.3 Å². The number of amides is 8. The third kappa shape index (κ3) is 17.7. The third-order valence-electron chi connectivity index (χ3n) is 10.6. The average Bonchev–Trinajstić information content (AvgIpc) is 3.74. The topological polar surface area (TPSA) is 348 Å². The predicted octanol–water partition coefficient (Wildman–Crippen LogP) is -2.40. The smallest absolute Gasteiger partial charge is 0.326 e. The van der Waals surface area contributed by atoms with Gasteiger partial charge in [0.1, 0.15) is 42.3 Å². The molecule has 0 bridgehead atoms. The van der Waals surface area contributed by atoms with Crippen LogP contribution < -0.4 is 49.1 Å². The minimum absolute atomic E-state index is 0.0467. The summed E-state index contributed by atoms with van der Waals surface area (Å²) in [5.74, 6) is -8.43. The van der Waals surface area contributed by atoms with E-state index in [1.807, 2.05) is 36.6 Å². The highest BCUT2D eigenvalue weighted by Gasteiger charge is 2.40. The van der Waals surface area contributed by atoms with Crippen LogP contribution in [0.3, 0.4) is 0 Å². The lowest BCUT2D eigenvalue weighted by Crippen LogP contribution is -2.62. The zero-order valence-electron chi connectivity index (χ0n) is 37.3. The molecule has 14 N–H and O–H groups in total. The predicted molar refractivity (Wildman–Crippen MR) is 239 cm³/mol. The van der Waals surface area contributed by atoms with Crippen molar-refractivity contribution in [2.75, 3.05) is 31.7 Å². The number of likely N-dealkylation sites (tertiary alicyclic amines) is 1. The standard InChI is InChI=1S/C42H68N10O11S/c1-23(2)33(39(59)48-29(21-32(45)54)41(61)52-18-11-15-31(52)42(62)63)51-40(60)34(24(3)4)50-37(57)27(14-9-10-17-43)47-38(58)30(22-53)49-36(56)28(16-19-64-5)46-35(55)26(44)20-25-12-7-6-8-13-25/h6-8,12-13,23-24,26-31,33-34,53H,9-11,14-22,43-44H2,1-5H3,(H2,45,54)(H,46,55)(H,47,58)(H,48,59)(H,49,56)(H,50,57)(H,51,60)(H,62,63)/t26-,27-,28-,29-,30-,31-,33-,34-/m0/s1. The van der Waals surface area contributed by atoms with Crippen LogP contribution in [0.1, 0.15) is 78.2 Å². The summed E-state index contributed by atoms with van der Waals surface area (Å²) < 4.78 is 0. The largest absolute Gasteiger partial charge is 0.480 e. The number of hydrogen-bond acceptors (Lipinski definition) is 13. The van der Waals surface area contributed by atoms with Crippen molar-refractivity contribution in [3.8, 4) is 0 Å². The Morgan fingerprint density at radius 2 is 1.25 bits per heavy atom. The molecule has 8 amide bonds. The quantitative estimate of drug-likeness (QED) is 0.0391. The van der Waals surface area contributed by atoms with Gasteiger partial charge in [0, 0.05) is 6.54 Å². The molecule has 1 aliphatic rings. The SMILES string of the molecule is CSCC[C@H](NC(=O)[C@@H](N)Cc1ccccc1)C(=O)N[C@@H](CO)C(=O)N[C@@H](CCCCN)C(=O)N[C@H](C(=O)N[C@H](C(=O)N[C@@H](CC(N)=O)C(=O)N1CCC[C@H]1C(=O)O)C(C)C)C(C)C. The van der Waals surface area contributed by atoms with Gasteiger partial charge in [-0.15, -0.1) is 0 Å². The summed E-state index contributed by atoms with van der Waals surface area (Å²) >= 11 is 1.42. The number of primary amides is 1. The summed E-state index contributed by atoms with van der Waals surface area (Å²) in [5, 5.41) is 35.2. The number of carbonyl (C=O) groups excluding carboxylic acids is 8. The fourth-order valence-electron chi connectivity index (χ4n) is 6.96. The maximum Gasteiger partial charge on any atom is 0.326 e. The number of aliphatic hydroxyl groups excluding tert-OH is 1. The van der Waals surface area contributed by atoms with E-state index in [0.29, 0.717) is 25.0 Å². The van der Waals surface area contributed by atoms with Gasteiger partial charge in [-0.2, -0.15) is 11.8 Å². The maximum absolute atomic E-state index is 13.9. The average molecular weight is 921 g/mol. The number of nitrogens with zero attached hydrogens (tertiary/aromatic N) is 1. The van der Waals surface area contributed by atoms with Crippen LogP contribution in [0.4, 0.5) is 0 Å². The lowest BCUT2D eigenvalue weighted by molar-refractivity contribution is -0.149. The molecule has 0 unspecified atom stereocenters. The first-order chi connectivity index (χ1) is 30.2. The normalized spacial score (nSPS) is 16.9. The van der Waals surface area contributed by atoms with Crippen molar-refractivity contribution in [1.82, 2.24) is 36.8 Å². The van der Waals surface area contributed by atoms with Gasteiger partial charge in [0.05, 0.1) is 19.1 Å². The number of nitrogens with two attached hydrogens (primary N) is 3. The van der Waals surface area contributed by atoms with E-state index in [0.717, 1.165) is 10.5 Å². The van der Waals surface area contributed by atoms with E-state index in [1.165, 1.54) is 11.8 Å². The van der Waals surface area contributed by atoms with Crippen LogP contribution in [0.15, 0.2) is 30.3 Å². The van der Waals surface area contributed by atoms with Gasteiger partial charge >= 0.3 is 5.97 Å². The van der Waals surface area contributed by atoms with Crippen LogP contribution in [0.25, 0.3) is 0 Å². The second kappa shape index (κ2) is 27.8. The first kappa shape index (κ1) is 54.8. The molecule has 1 aromatic carbocycles. The van der Waals surface area contributed by atoms with Crippen LogP contribution in [0, 0.1) is 11.8 Å². The Labute approximate surface area is 378 Å². The van der Waals surface area contributed by atoms with Crippen molar-refractivity contribution in [3.63, 3.8) is 0 Å². The molecule has 22 heteroatoms. The van der Waals surface area contributed by atoms with Gasteiger partial charge in [-0.3, -0.25) is 38.4 Å². The van der Waals surface area contributed by atoms with Crippen LogP contribution in [-0.2, 0) is 49.6 Å². The molecule has 21 nitrogen and oxygen atoms in total. The molecule has 1 saturated heterocycles. The molecule has 1 fully saturated rings. The number of thioether (sulfide) groups is 1. The summed E-state index contributed by atoms with van der Waals surface area (Å²) in [6.07, 6.45) is 3.04. The van der Waals surface area contributed by atoms with Gasteiger partial charge in [0.25, 0.3) is 0 Å². The van der Waals surface area contributed by atoms with E-state index >= 15 is 0 Å². The molecule has 1 aliphatic heterocycles. The highest BCUT2D eigenvalue weighted by molar-refractivity contribution is 7.98. The molecular formula is C42H68N10O11S. The Kier molecular flexibility index (Phi) is 23.8. The fraction of sp³-hybridized carbons (Fsp3) is 0.643. The Hall–Kier alpha value is -5.32. The minimum Gasteiger partial charge on any atom is -0.480 e. The van der Waals surface area contributed by atoms with Crippen molar-refractivity contribution in [1.29, 1.82) is 0 Å². The number of benzene rings is 1. The van der Waals surface area contributed by atoms with Crippen molar-refractivity contribution in [2.24, 2.45) is 29.0 Å². The van der Waals surface area contributed by atoms with Gasteiger partial charge in [-0.1, -0.05) is 58.0 Å². The molecule has 8 atom stereocenters. The summed E-state index contributed by atoms with van der Waals surface area (Å²) in [4.78, 5) is 120. The molecule has 64 heavy (non-hydrogen) atoms. The Bertz CT molecular complexity index is 1750.